The molecule has 0 radical (unpaired) electrons. The van der Waals surface area contributed by atoms with Gasteiger partial charge < -0.3 is 20.1 Å². The molecule has 2 fully saturated rings. The van der Waals surface area contributed by atoms with Crippen molar-refractivity contribution in [2.45, 2.75) is 46.7 Å². The van der Waals surface area contributed by atoms with E-state index in [4.69, 9.17) is 14.5 Å². The zero-order valence-electron chi connectivity index (χ0n) is 19.2. The molecule has 2 atom stereocenters. The average molecular weight is 526 g/mol. The summed E-state index contributed by atoms with van der Waals surface area (Å²) in [5.74, 6) is 2.09. The van der Waals surface area contributed by atoms with E-state index in [0.717, 1.165) is 78.2 Å². The second kappa shape index (κ2) is 14.8. The lowest BCUT2D eigenvalue weighted by atomic mass is 10.0. The van der Waals surface area contributed by atoms with E-state index < -0.39 is 0 Å². The molecule has 29 heavy (non-hydrogen) atoms. The normalized spacial score (nSPS) is 21.7. The van der Waals surface area contributed by atoms with E-state index in [1.807, 2.05) is 0 Å². The van der Waals surface area contributed by atoms with Gasteiger partial charge in [0.15, 0.2) is 5.96 Å². The van der Waals surface area contributed by atoms with Crippen molar-refractivity contribution in [2.75, 3.05) is 72.2 Å². The van der Waals surface area contributed by atoms with Crippen LogP contribution in [0.25, 0.3) is 0 Å². The van der Waals surface area contributed by atoms with Crippen molar-refractivity contribution in [3.63, 3.8) is 0 Å². The van der Waals surface area contributed by atoms with Crippen LogP contribution >= 0.6 is 24.0 Å². The minimum Gasteiger partial charge on any atom is -0.379 e. The van der Waals surface area contributed by atoms with Crippen LogP contribution in [0.15, 0.2) is 4.99 Å². The minimum absolute atomic E-state index is 0. The fourth-order valence-corrected chi connectivity index (χ4v) is 4.08. The highest BCUT2D eigenvalue weighted by Gasteiger charge is 2.25. The Kier molecular flexibility index (Phi) is 13.7. The molecule has 2 rings (SSSR count). The fraction of sp³-hybridized carbons (Fsp3) is 0.952. The van der Waals surface area contributed by atoms with Gasteiger partial charge in [0.2, 0.25) is 0 Å². The van der Waals surface area contributed by atoms with Gasteiger partial charge in [-0.05, 0) is 18.8 Å². The number of halogens is 1. The van der Waals surface area contributed by atoms with Gasteiger partial charge in [-0.2, -0.15) is 0 Å². The molecule has 2 aliphatic rings. The number of nitrogens with zero attached hydrogens (tertiary/aromatic N) is 3. The molecule has 8 heteroatoms. The Bertz CT molecular complexity index is 452. The quantitative estimate of drug-likeness (QED) is 0.273. The summed E-state index contributed by atoms with van der Waals surface area (Å²) in [6, 6.07) is 0.951. The predicted octanol–water partition coefficient (Wildman–Crippen LogP) is 1.87. The lowest BCUT2D eigenvalue weighted by molar-refractivity contribution is 0.00737. The van der Waals surface area contributed by atoms with E-state index in [9.17, 15) is 0 Å². The highest BCUT2D eigenvalue weighted by Crippen LogP contribution is 2.14. The van der Waals surface area contributed by atoms with Crippen LogP contribution in [0.2, 0.25) is 0 Å². The molecule has 2 aliphatic heterocycles. The van der Waals surface area contributed by atoms with Gasteiger partial charge in [0, 0.05) is 51.4 Å². The van der Waals surface area contributed by atoms with Crippen LogP contribution in [0, 0.1) is 11.8 Å². The average Bonchev–Trinajstić information content (AvgIpc) is 2.69. The molecule has 0 spiro atoms. The van der Waals surface area contributed by atoms with Gasteiger partial charge >= 0.3 is 0 Å². The Balaban J connectivity index is 0.00000420. The first-order chi connectivity index (χ1) is 13.5. The molecule has 0 aromatic rings. The van der Waals surface area contributed by atoms with Crippen LogP contribution in [0.1, 0.15) is 34.6 Å². The SMILES string of the molecule is CCNC(=NCC(C(C)C)N1CCOCC1)NCC(C(C)C)N1CCOCC1.I. The van der Waals surface area contributed by atoms with Crippen LogP contribution in [0.3, 0.4) is 0 Å². The maximum atomic E-state index is 5.53. The van der Waals surface area contributed by atoms with Crippen molar-refractivity contribution < 1.29 is 9.47 Å². The molecule has 0 aromatic carbocycles. The summed E-state index contributed by atoms with van der Waals surface area (Å²) in [4.78, 5) is 10.0. The molecule has 2 saturated heterocycles. The molecular weight excluding hydrogens is 481 g/mol. The van der Waals surface area contributed by atoms with Crippen LogP contribution in [-0.2, 0) is 9.47 Å². The van der Waals surface area contributed by atoms with Crippen molar-refractivity contribution in [3.05, 3.63) is 0 Å². The van der Waals surface area contributed by atoms with Crippen LogP contribution in [0.5, 0.6) is 0 Å². The minimum atomic E-state index is 0. The van der Waals surface area contributed by atoms with Crippen molar-refractivity contribution in [3.8, 4) is 0 Å². The first-order valence-corrected chi connectivity index (χ1v) is 11.2. The standard InChI is InChI=1S/C21H43N5O2.HI/c1-6-22-21(23-15-19(17(2)3)25-7-11-27-12-8-25)24-16-20(18(4)5)26-9-13-28-14-10-26;/h17-20H,6-16H2,1-5H3,(H2,22,23,24);1H. The molecule has 0 amide bonds. The molecule has 0 aliphatic carbocycles. The zero-order valence-corrected chi connectivity index (χ0v) is 21.5. The Morgan fingerprint density at radius 2 is 1.31 bits per heavy atom. The Morgan fingerprint density at radius 1 is 0.828 bits per heavy atom. The Labute approximate surface area is 195 Å². The second-order valence-electron chi connectivity index (χ2n) is 8.52. The van der Waals surface area contributed by atoms with Gasteiger partial charge in [-0.1, -0.05) is 27.7 Å². The van der Waals surface area contributed by atoms with Crippen molar-refractivity contribution in [1.29, 1.82) is 0 Å². The number of nitrogens with one attached hydrogen (secondary N) is 2. The summed E-state index contributed by atoms with van der Waals surface area (Å²) >= 11 is 0. The van der Waals surface area contributed by atoms with Gasteiger partial charge in [-0.25, -0.2) is 0 Å². The van der Waals surface area contributed by atoms with Crippen LogP contribution < -0.4 is 10.6 Å². The largest absolute Gasteiger partial charge is 0.379 e. The summed E-state index contributed by atoms with van der Waals surface area (Å²) in [5, 5.41) is 7.04. The van der Waals surface area contributed by atoms with Gasteiger partial charge in [-0.3, -0.25) is 14.8 Å². The molecule has 2 unspecified atom stereocenters. The Hall–Kier alpha value is -0.160. The van der Waals surface area contributed by atoms with Gasteiger partial charge in [0.25, 0.3) is 0 Å². The third-order valence-electron chi connectivity index (χ3n) is 5.83. The van der Waals surface area contributed by atoms with Crippen molar-refractivity contribution >= 4 is 29.9 Å². The Morgan fingerprint density at radius 3 is 1.76 bits per heavy atom. The van der Waals surface area contributed by atoms with E-state index in [1.165, 1.54) is 0 Å². The molecule has 0 aromatic heterocycles. The number of guanidine groups is 1. The molecular formula is C21H44IN5O2. The summed E-state index contributed by atoms with van der Waals surface area (Å²) in [6.45, 7) is 21.3. The monoisotopic (exact) mass is 525 g/mol. The van der Waals surface area contributed by atoms with Gasteiger partial charge in [0.05, 0.1) is 33.0 Å². The molecule has 0 saturated carbocycles. The van der Waals surface area contributed by atoms with Gasteiger partial charge in [-0.15, -0.1) is 24.0 Å². The fourth-order valence-electron chi connectivity index (χ4n) is 4.08. The highest BCUT2D eigenvalue weighted by molar-refractivity contribution is 14.0. The van der Waals surface area contributed by atoms with E-state index in [2.05, 4.69) is 55.1 Å². The van der Waals surface area contributed by atoms with Gasteiger partial charge in [0.1, 0.15) is 0 Å². The third-order valence-corrected chi connectivity index (χ3v) is 5.83. The molecule has 2 heterocycles. The van der Waals surface area contributed by atoms with Crippen molar-refractivity contribution in [2.24, 2.45) is 16.8 Å². The number of rotatable bonds is 9. The number of morpholine rings is 2. The second-order valence-corrected chi connectivity index (χ2v) is 8.52. The highest BCUT2D eigenvalue weighted by atomic mass is 127. The smallest absolute Gasteiger partial charge is 0.191 e. The summed E-state index contributed by atoms with van der Waals surface area (Å²) in [7, 11) is 0. The van der Waals surface area contributed by atoms with Crippen LogP contribution in [0.4, 0.5) is 0 Å². The summed E-state index contributed by atoms with van der Waals surface area (Å²) in [6.07, 6.45) is 0. The third kappa shape index (κ3) is 9.25. The van der Waals surface area contributed by atoms with E-state index in [-0.39, 0.29) is 24.0 Å². The maximum absolute atomic E-state index is 5.53. The van der Waals surface area contributed by atoms with Crippen LogP contribution in [-0.4, -0.2) is 100 Å². The first-order valence-electron chi connectivity index (χ1n) is 11.2. The lowest BCUT2D eigenvalue weighted by Crippen LogP contribution is -2.53. The molecule has 2 N–H and O–H groups in total. The maximum Gasteiger partial charge on any atom is 0.191 e. The topological polar surface area (TPSA) is 61.4 Å². The van der Waals surface area contributed by atoms with E-state index in [1.54, 1.807) is 0 Å². The molecule has 0 bridgehead atoms. The van der Waals surface area contributed by atoms with E-state index >= 15 is 0 Å². The van der Waals surface area contributed by atoms with Crippen molar-refractivity contribution in [1.82, 2.24) is 20.4 Å². The number of hydrogen-bond donors (Lipinski definition) is 2. The number of aliphatic imine (C=N–C) groups is 1. The van der Waals surface area contributed by atoms with E-state index in [0.29, 0.717) is 23.9 Å². The molecule has 172 valence electrons. The number of ether oxygens (including phenoxy) is 2. The number of hydrogen-bond acceptors (Lipinski definition) is 5. The zero-order chi connectivity index (χ0) is 20.4. The summed E-state index contributed by atoms with van der Waals surface area (Å²) in [5.41, 5.74) is 0. The summed E-state index contributed by atoms with van der Waals surface area (Å²) < 4.78 is 11.0. The predicted molar refractivity (Wildman–Crippen MR) is 131 cm³/mol. The first kappa shape index (κ1) is 26.9. The lowest BCUT2D eigenvalue weighted by Gasteiger charge is -2.37. The molecule has 7 nitrogen and oxygen atoms in total.